The molecule has 0 fully saturated rings. The Morgan fingerprint density at radius 2 is 1.75 bits per heavy atom. The molecule has 0 aromatic heterocycles. The smallest absolute Gasteiger partial charge is 0.0537 e. The highest BCUT2D eigenvalue weighted by Gasteiger charge is 2.06. The topological polar surface area (TPSA) is 40.5 Å². The first kappa shape index (κ1) is 11.7. The number of rotatable bonds is 6. The molecule has 0 aliphatic rings. The maximum atomic E-state index is 9.16. The minimum absolute atomic E-state index is 0.212. The molecule has 72 valence electrons. The highest BCUT2D eigenvalue weighted by molar-refractivity contribution is 4.82. The van der Waals surface area contributed by atoms with Crippen molar-refractivity contribution in [3.8, 4) is 0 Å². The third-order valence-corrected chi connectivity index (χ3v) is 2.07. The fraction of sp³-hybridized carbons (Fsp3) is 0.800. The summed E-state index contributed by atoms with van der Waals surface area (Å²) < 4.78 is 0. The zero-order valence-corrected chi connectivity index (χ0v) is 8.03. The number of aliphatic hydroxyl groups excluding tert-OH is 2. The molecule has 0 aromatic carbocycles. The summed E-state index contributed by atoms with van der Waals surface area (Å²) in [5.41, 5.74) is 0. The second-order valence-corrected chi connectivity index (χ2v) is 3.28. The van der Waals surface area contributed by atoms with E-state index in [9.17, 15) is 0 Å². The van der Waals surface area contributed by atoms with Crippen LogP contribution < -0.4 is 0 Å². The van der Waals surface area contributed by atoms with Crippen LogP contribution in [-0.4, -0.2) is 22.9 Å². The summed E-state index contributed by atoms with van der Waals surface area (Å²) >= 11 is 0. The Bertz CT molecular complexity index is 119. The van der Waals surface area contributed by atoms with Crippen LogP contribution in [-0.2, 0) is 0 Å². The summed E-state index contributed by atoms with van der Waals surface area (Å²) in [4.78, 5) is 0. The number of allylic oxidation sites excluding steroid dienone is 1. The lowest BCUT2D eigenvalue weighted by molar-refractivity contribution is 0.130. The van der Waals surface area contributed by atoms with Crippen molar-refractivity contribution in [1.29, 1.82) is 0 Å². The fourth-order valence-corrected chi connectivity index (χ4v) is 0.911. The number of aliphatic hydroxyl groups is 2. The first-order valence-electron chi connectivity index (χ1n) is 4.62. The molecular weight excluding hydrogens is 152 g/mol. The highest BCUT2D eigenvalue weighted by Crippen LogP contribution is 2.10. The summed E-state index contributed by atoms with van der Waals surface area (Å²) in [5, 5.41) is 17.6. The van der Waals surface area contributed by atoms with Gasteiger partial charge in [0.1, 0.15) is 0 Å². The van der Waals surface area contributed by atoms with Crippen LogP contribution in [0, 0.1) is 5.92 Å². The zero-order valence-electron chi connectivity index (χ0n) is 8.03. The maximum Gasteiger partial charge on any atom is 0.0537 e. The van der Waals surface area contributed by atoms with Crippen molar-refractivity contribution in [2.24, 2.45) is 5.92 Å². The largest absolute Gasteiger partial charge is 0.396 e. The molecule has 0 saturated heterocycles. The van der Waals surface area contributed by atoms with Crippen LogP contribution in [0.1, 0.15) is 33.1 Å². The van der Waals surface area contributed by atoms with Crippen LogP contribution in [0.15, 0.2) is 12.2 Å². The molecule has 0 saturated carbocycles. The second-order valence-electron chi connectivity index (χ2n) is 3.28. The summed E-state index contributed by atoms with van der Waals surface area (Å²) in [7, 11) is 0. The molecule has 0 aromatic rings. The van der Waals surface area contributed by atoms with Crippen molar-refractivity contribution in [2.75, 3.05) is 6.61 Å². The van der Waals surface area contributed by atoms with Gasteiger partial charge in [-0.1, -0.05) is 19.1 Å². The van der Waals surface area contributed by atoms with Crippen LogP contribution in [0.3, 0.4) is 0 Å². The average molecular weight is 172 g/mol. The lowest BCUT2D eigenvalue weighted by Gasteiger charge is -2.12. The third kappa shape index (κ3) is 6.38. The van der Waals surface area contributed by atoms with Crippen molar-refractivity contribution < 1.29 is 10.2 Å². The fourth-order valence-electron chi connectivity index (χ4n) is 0.911. The second kappa shape index (κ2) is 7.32. The van der Waals surface area contributed by atoms with Gasteiger partial charge < -0.3 is 10.2 Å². The van der Waals surface area contributed by atoms with Gasteiger partial charge in [-0.25, -0.2) is 0 Å². The van der Waals surface area contributed by atoms with E-state index in [2.05, 4.69) is 6.08 Å². The Morgan fingerprint density at radius 1 is 1.17 bits per heavy atom. The van der Waals surface area contributed by atoms with Crippen LogP contribution >= 0.6 is 0 Å². The molecule has 2 heteroatoms. The third-order valence-electron chi connectivity index (χ3n) is 2.07. The standard InChI is InChI=1S/C10H20O2/c1-9(10(2)12)7-5-3-4-6-8-11/h3-4,9-12H,5-8H2,1-2H3/b4-3+/t9-,10+/m1/s1. The summed E-state index contributed by atoms with van der Waals surface area (Å²) in [6, 6.07) is 0. The van der Waals surface area contributed by atoms with Crippen molar-refractivity contribution in [3.05, 3.63) is 12.2 Å². The van der Waals surface area contributed by atoms with Gasteiger partial charge >= 0.3 is 0 Å². The monoisotopic (exact) mass is 172 g/mol. The molecule has 2 atom stereocenters. The molecule has 0 rings (SSSR count). The van der Waals surface area contributed by atoms with Crippen molar-refractivity contribution in [1.82, 2.24) is 0 Å². The van der Waals surface area contributed by atoms with E-state index in [1.165, 1.54) is 0 Å². The molecule has 0 unspecified atom stereocenters. The number of hydrogen-bond donors (Lipinski definition) is 2. The van der Waals surface area contributed by atoms with E-state index in [-0.39, 0.29) is 12.7 Å². The van der Waals surface area contributed by atoms with Gasteiger partial charge in [0.2, 0.25) is 0 Å². The van der Waals surface area contributed by atoms with Gasteiger partial charge in [-0.2, -0.15) is 0 Å². The Labute approximate surface area is 74.9 Å². The molecule has 0 aliphatic heterocycles. The van der Waals surface area contributed by atoms with Crippen molar-refractivity contribution >= 4 is 0 Å². The Balaban J connectivity index is 3.30. The molecule has 2 N–H and O–H groups in total. The minimum atomic E-state index is -0.212. The van der Waals surface area contributed by atoms with E-state index in [4.69, 9.17) is 10.2 Å². The van der Waals surface area contributed by atoms with E-state index in [0.29, 0.717) is 5.92 Å². The molecule has 12 heavy (non-hydrogen) atoms. The SMILES string of the molecule is C[C@H](O)[C@H](C)CC/C=C/CCO. The Kier molecular flexibility index (Phi) is 7.11. The van der Waals surface area contributed by atoms with Gasteiger partial charge in [0.05, 0.1) is 6.10 Å². The Morgan fingerprint density at radius 3 is 2.25 bits per heavy atom. The predicted octanol–water partition coefficient (Wildman–Crippen LogP) is 1.72. The van der Waals surface area contributed by atoms with Crippen LogP contribution in [0.25, 0.3) is 0 Å². The van der Waals surface area contributed by atoms with Gasteiger partial charge in [0.15, 0.2) is 0 Å². The van der Waals surface area contributed by atoms with Crippen molar-refractivity contribution in [3.63, 3.8) is 0 Å². The Hall–Kier alpha value is -0.340. The van der Waals surface area contributed by atoms with E-state index >= 15 is 0 Å². The summed E-state index contributed by atoms with van der Waals surface area (Å²) in [6.45, 7) is 4.09. The first-order chi connectivity index (χ1) is 5.68. The molecule has 0 bridgehead atoms. The average Bonchev–Trinajstić information content (AvgIpc) is 2.03. The van der Waals surface area contributed by atoms with E-state index < -0.39 is 0 Å². The highest BCUT2D eigenvalue weighted by atomic mass is 16.3. The minimum Gasteiger partial charge on any atom is -0.396 e. The van der Waals surface area contributed by atoms with E-state index in [0.717, 1.165) is 19.3 Å². The normalized spacial score (nSPS) is 16.7. The molecule has 0 spiro atoms. The molecular formula is C10H20O2. The molecule has 0 aliphatic carbocycles. The quantitative estimate of drug-likeness (QED) is 0.599. The molecule has 0 amide bonds. The first-order valence-corrected chi connectivity index (χ1v) is 4.62. The van der Waals surface area contributed by atoms with Crippen LogP contribution in [0.5, 0.6) is 0 Å². The van der Waals surface area contributed by atoms with E-state index in [1.54, 1.807) is 0 Å². The predicted molar refractivity (Wildman–Crippen MR) is 50.9 cm³/mol. The van der Waals surface area contributed by atoms with Crippen LogP contribution in [0.4, 0.5) is 0 Å². The lowest BCUT2D eigenvalue weighted by Crippen LogP contribution is -2.12. The van der Waals surface area contributed by atoms with Gasteiger partial charge in [0.25, 0.3) is 0 Å². The zero-order chi connectivity index (χ0) is 9.40. The summed E-state index contributed by atoms with van der Waals surface area (Å²) in [6.07, 6.45) is 6.58. The lowest BCUT2D eigenvalue weighted by atomic mass is 10.0. The van der Waals surface area contributed by atoms with Gasteiger partial charge in [-0.15, -0.1) is 0 Å². The molecule has 0 heterocycles. The van der Waals surface area contributed by atoms with Crippen molar-refractivity contribution in [2.45, 2.75) is 39.2 Å². The van der Waals surface area contributed by atoms with Gasteiger partial charge in [0, 0.05) is 6.61 Å². The van der Waals surface area contributed by atoms with Gasteiger partial charge in [-0.05, 0) is 32.1 Å². The summed E-state index contributed by atoms with van der Waals surface area (Å²) in [5.74, 6) is 0.365. The number of hydrogen-bond acceptors (Lipinski definition) is 2. The van der Waals surface area contributed by atoms with E-state index in [1.807, 2.05) is 19.9 Å². The molecule has 0 radical (unpaired) electrons. The maximum absolute atomic E-state index is 9.16. The molecule has 2 nitrogen and oxygen atoms in total. The van der Waals surface area contributed by atoms with Crippen LogP contribution in [0.2, 0.25) is 0 Å². The van der Waals surface area contributed by atoms with Gasteiger partial charge in [-0.3, -0.25) is 0 Å².